The number of nitro benzene ring substituents is 2. The molecule has 0 radical (unpaired) electrons. The highest BCUT2D eigenvalue weighted by molar-refractivity contribution is 14.1. The van der Waals surface area contributed by atoms with Gasteiger partial charge in [0.15, 0.2) is 5.75 Å². The Morgan fingerprint density at radius 1 is 0.500 bits per heavy atom. The van der Waals surface area contributed by atoms with Gasteiger partial charge in [-0.15, -0.1) is 20.5 Å². The van der Waals surface area contributed by atoms with Gasteiger partial charge in [-0.1, -0.05) is 0 Å². The molecule has 0 saturated heterocycles. The summed E-state index contributed by atoms with van der Waals surface area (Å²) in [5.41, 5.74) is -1.53. The number of non-ortho nitro benzene ring substituents is 2. The summed E-state index contributed by atoms with van der Waals surface area (Å²) in [4.78, 5) is 18.1. The maximum atomic E-state index is 12.6. The highest BCUT2D eigenvalue weighted by atomic mass is 127. The van der Waals surface area contributed by atoms with E-state index >= 15 is 0 Å². The molecule has 0 atom stereocenters. The number of aromatic hydroxyl groups is 3. The summed E-state index contributed by atoms with van der Waals surface area (Å²) in [6.45, 7) is 0. The number of rotatable bonds is 15. The lowest BCUT2D eigenvalue weighted by Crippen LogP contribution is -2.04. The molecule has 0 unspecified atom stereocenters. The van der Waals surface area contributed by atoms with Crippen LogP contribution in [-0.2, 0) is 30.4 Å². The second-order valence-corrected chi connectivity index (χ2v) is 19.5. The molecule has 7 rings (SSSR count). The van der Waals surface area contributed by atoms with Crippen LogP contribution in [0.2, 0.25) is 0 Å². The van der Waals surface area contributed by atoms with Crippen LogP contribution in [0.3, 0.4) is 0 Å². The Bertz CT molecular complexity index is 3750. The monoisotopic (exact) mass is 1130 g/mol. The van der Waals surface area contributed by atoms with Crippen LogP contribution >= 0.6 is 22.6 Å². The zero-order chi connectivity index (χ0) is 50.9. The number of anilines is 4. The molecule has 7 aromatic carbocycles. The first-order chi connectivity index (χ1) is 32.8. The molecule has 26 nitrogen and oxygen atoms in total. The number of nitrogens with one attached hydrogen (secondary N) is 2. The van der Waals surface area contributed by atoms with Crippen LogP contribution in [0.1, 0.15) is 0 Å². The first-order valence-electron chi connectivity index (χ1n) is 18.9. The summed E-state index contributed by atoms with van der Waals surface area (Å²) < 4.78 is 104. The minimum absolute atomic E-state index is 0.0501. The molecule has 0 spiro atoms. The molecule has 0 saturated carbocycles. The summed E-state index contributed by atoms with van der Waals surface area (Å²) in [7, 11) is -15.3. The van der Waals surface area contributed by atoms with Crippen LogP contribution in [-0.4, -0.2) is 64.1 Å². The summed E-state index contributed by atoms with van der Waals surface area (Å²) in [6.07, 6.45) is 0. The van der Waals surface area contributed by atoms with Gasteiger partial charge >= 0.3 is 0 Å². The molecular formula is C40H27IN10O16S3. The molecule has 358 valence electrons. The van der Waals surface area contributed by atoms with Gasteiger partial charge in [0, 0.05) is 51.3 Å². The zero-order valence-corrected chi connectivity index (χ0v) is 39.0. The number of hydrogen-bond acceptors (Lipinski definition) is 21. The van der Waals surface area contributed by atoms with Crippen LogP contribution in [0.25, 0.3) is 10.8 Å². The zero-order valence-electron chi connectivity index (χ0n) is 34.4. The van der Waals surface area contributed by atoms with Gasteiger partial charge in [0.05, 0.1) is 48.6 Å². The quantitative estimate of drug-likeness (QED) is 0.0155. The molecule has 0 fully saturated rings. The van der Waals surface area contributed by atoms with Crippen LogP contribution < -0.4 is 10.6 Å². The molecule has 0 heterocycles. The summed E-state index contributed by atoms with van der Waals surface area (Å²) >= 11 is 1.95. The standard InChI is InChI=1S/C40H27IN10O16S3/c41-28-15-25(50(55)56)9-11-29(28)42-21-1-5-23(6-2-21)44-46-31-18-32(35(53)19-34(31)52)47-48-33-17-27(68(59,60)61)13-20-14-37(70(65,66)67)39(40(54)38(20)33)49-45-24-7-3-22(4-8-24)43-30-12-10-26(51(57)58)16-36(30)69(62,63)64/h1-19,42-43,52-54H,(H,59,60,61)(H,62,63,64)(H,65,66,67). The van der Waals surface area contributed by atoms with Gasteiger partial charge in [-0.05, 0) is 107 Å². The van der Waals surface area contributed by atoms with Crippen molar-refractivity contribution in [2.45, 2.75) is 14.7 Å². The molecule has 7 aromatic rings. The van der Waals surface area contributed by atoms with Crippen LogP contribution in [0, 0.1) is 23.8 Å². The maximum Gasteiger partial charge on any atom is 0.296 e. The Morgan fingerprint density at radius 3 is 1.50 bits per heavy atom. The van der Waals surface area contributed by atoms with E-state index in [1.165, 1.54) is 36.4 Å². The van der Waals surface area contributed by atoms with Crippen molar-refractivity contribution in [3.63, 3.8) is 0 Å². The van der Waals surface area contributed by atoms with Crippen molar-refractivity contribution >= 4 is 132 Å². The van der Waals surface area contributed by atoms with Crippen molar-refractivity contribution in [2.75, 3.05) is 10.6 Å². The minimum Gasteiger partial charge on any atom is -0.505 e. The molecule has 70 heavy (non-hydrogen) atoms. The molecule has 0 aliphatic carbocycles. The summed E-state index contributed by atoms with van der Waals surface area (Å²) in [5.74, 6) is -2.32. The Hall–Kier alpha value is -8.14. The van der Waals surface area contributed by atoms with Gasteiger partial charge in [-0.25, -0.2) is 0 Å². The third-order valence-electron chi connectivity index (χ3n) is 9.46. The summed E-state index contributed by atoms with van der Waals surface area (Å²) in [6, 6.07) is 22.4. The number of benzene rings is 7. The predicted molar refractivity (Wildman–Crippen MR) is 256 cm³/mol. The van der Waals surface area contributed by atoms with Gasteiger partial charge in [-0.2, -0.15) is 35.5 Å². The second-order valence-electron chi connectivity index (χ2n) is 14.2. The molecular weight excluding hydrogens is 1100 g/mol. The Morgan fingerprint density at radius 2 is 0.986 bits per heavy atom. The van der Waals surface area contributed by atoms with Gasteiger partial charge < -0.3 is 26.0 Å². The second kappa shape index (κ2) is 19.5. The summed E-state index contributed by atoms with van der Waals surface area (Å²) in [5, 5.41) is 83.5. The molecule has 0 amide bonds. The third-order valence-corrected chi connectivity index (χ3v) is 12.9. The maximum absolute atomic E-state index is 12.6. The molecule has 8 N–H and O–H groups in total. The van der Waals surface area contributed by atoms with E-state index in [0.717, 1.165) is 36.4 Å². The fourth-order valence-corrected chi connectivity index (χ4v) is 8.69. The smallest absolute Gasteiger partial charge is 0.296 e. The number of azo groups is 3. The van der Waals surface area contributed by atoms with Crippen molar-refractivity contribution in [2.24, 2.45) is 30.7 Å². The van der Waals surface area contributed by atoms with Crippen LogP contribution in [0.5, 0.6) is 17.2 Å². The van der Waals surface area contributed by atoms with Crippen LogP contribution in [0.4, 0.5) is 68.2 Å². The van der Waals surface area contributed by atoms with E-state index in [-0.39, 0.29) is 34.1 Å². The number of nitrogens with zero attached hydrogens (tertiary/aromatic N) is 8. The van der Waals surface area contributed by atoms with Crippen molar-refractivity contribution in [1.82, 2.24) is 0 Å². The molecule has 0 aromatic heterocycles. The van der Waals surface area contributed by atoms with E-state index in [4.69, 9.17) is 0 Å². The number of fused-ring (bicyclic) bond motifs is 1. The van der Waals surface area contributed by atoms with E-state index in [1.54, 1.807) is 30.3 Å². The average molecular weight is 1130 g/mol. The highest BCUT2D eigenvalue weighted by Crippen LogP contribution is 2.47. The lowest BCUT2D eigenvalue weighted by Gasteiger charge is -2.12. The number of nitro groups is 2. The number of phenolic OH excluding ortho intramolecular Hbond substituents is 3. The average Bonchev–Trinajstić information content (AvgIpc) is 3.28. The third kappa shape index (κ3) is 11.4. The SMILES string of the molecule is O=[N+]([O-])c1ccc(Nc2ccc(N=Nc3cc(N=Nc4cc(S(=O)(=O)O)cc5cc(S(=O)(=O)O)c(N=Nc6ccc(Nc7ccc([N+](=O)[O-])cc7S(=O)(=O)O)cc6)c(O)c45)c(O)cc3O)cc2)c(I)c1. The van der Waals surface area contributed by atoms with Gasteiger partial charge in [0.1, 0.15) is 38.4 Å². The Kier molecular flexibility index (Phi) is 13.8. The molecule has 30 heteroatoms. The van der Waals surface area contributed by atoms with E-state index < -0.39 is 106 Å². The molecule has 0 bridgehead atoms. The fourth-order valence-electron chi connectivity index (χ4n) is 6.20. The first-order valence-corrected chi connectivity index (χ1v) is 24.3. The van der Waals surface area contributed by atoms with E-state index in [0.29, 0.717) is 27.1 Å². The Balaban J connectivity index is 1.20. The van der Waals surface area contributed by atoms with E-state index in [1.807, 2.05) is 22.6 Å². The van der Waals surface area contributed by atoms with Crippen molar-refractivity contribution < 1.29 is 64.1 Å². The first kappa shape index (κ1) is 49.8. The van der Waals surface area contributed by atoms with Crippen LogP contribution in [0.15, 0.2) is 161 Å². The molecule has 0 aliphatic heterocycles. The molecule has 0 aliphatic rings. The highest BCUT2D eigenvalue weighted by Gasteiger charge is 2.26. The van der Waals surface area contributed by atoms with Gasteiger partial charge in [-0.3, -0.25) is 33.9 Å². The van der Waals surface area contributed by atoms with E-state index in [9.17, 15) is 74.5 Å². The minimum atomic E-state index is -5.29. The topological polar surface area (TPSA) is 408 Å². The number of phenols is 3. The van der Waals surface area contributed by atoms with Crippen molar-refractivity contribution in [3.8, 4) is 17.2 Å². The van der Waals surface area contributed by atoms with Crippen molar-refractivity contribution in [1.29, 1.82) is 0 Å². The lowest BCUT2D eigenvalue weighted by molar-refractivity contribution is -0.385. The fraction of sp³-hybridized carbons (Fsp3) is 0. The normalized spacial score (nSPS) is 12.3. The van der Waals surface area contributed by atoms with E-state index in [2.05, 4.69) is 41.3 Å². The number of halogens is 1. The number of hydrogen-bond donors (Lipinski definition) is 8. The predicted octanol–water partition coefficient (Wildman–Crippen LogP) is 10.9. The van der Waals surface area contributed by atoms with Gasteiger partial charge in [0.25, 0.3) is 41.7 Å². The van der Waals surface area contributed by atoms with Crippen molar-refractivity contribution in [3.05, 3.63) is 139 Å². The van der Waals surface area contributed by atoms with Gasteiger partial charge in [0.2, 0.25) is 0 Å². The Labute approximate surface area is 406 Å². The largest absolute Gasteiger partial charge is 0.505 e. The lowest BCUT2D eigenvalue weighted by atomic mass is 10.1.